The predicted molar refractivity (Wildman–Crippen MR) is 107 cm³/mol. The molecule has 1 aliphatic heterocycles. The number of nitrogens with zero attached hydrogens (tertiary/aromatic N) is 1. The molecule has 11 heteroatoms. The number of hydrogen-bond donors (Lipinski definition) is 2. The van der Waals surface area contributed by atoms with E-state index in [-0.39, 0.29) is 4.90 Å². The van der Waals surface area contributed by atoms with Gasteiger partial charge < -0.3 is 10.1 Å². The lowest BCUT2D eigenvalue weighted by Gasteiger charge is -2.31. The van der Waals surface area contributed by atoms with E-state index >= 15 is 0 Å². The van der Waals surface area contributed by atoms with Crippen molar-refractivity contribution in [1.82, 2.24) is 14.9 Å². The third kappa shape index (κ3) is 6.58. The highest BCUT2D eigenvalue weighted by atomic mass is 35.5. The van der Waals surface area contributed by atoms with Crippen molar-refractivity contribution in [3.05, 3.63) is 59.1 Å². The first-order valence-corrected chi connectivity index (χ1v) is 11.1. The first-order chi connectivity index (χ1) is 14.1. The number of rotatable bonds is 7. The zero-order chi connectivity index (χ0) is 21.8. The normalized spacial score (nSPS) is 16.9. The fourth-order valence-corrected chi connectivity index (χ4v) is 4.48. The molecule has 2 aromatic carbocycles. The van der Waals surface area contributed by atoms with Crippen molar-refractivity contribution in [3.8, 4) is 5.75 Å². The predicted octanol–water partition coefficient (Wildman–Crippen LogP) is 3.16. The number of sulfonamides is 1. The summed E-state index contributed by atoms with van der Waals surface area (Å²) in [4.78, 5) is 1.98. The Kier molecular flexibility index (Phi) is 7.25. The van der Waals surface area contributed by atoms with Gasteiger partial charge in [0.1, 0.15) is 5.75 Å². The van der Waals surface area contributed by atoms with Crippen molar-refractivity contribution >= 4 is 21.6 Å². The van der Waals surface area contributed by atoms with Crippen LogP contribution in [0.25, 0.3) is 0 Å². The van der Waals surface area contributed by atoms with Gasteiger partial charge in [0.25, 0.3) is 0 Å². The largest absolute Gasteiger partial charge is 0.573 e. The molecule has 0 radical (unpaired) electrons. The molecule has 0 bridgehead atoms. The third-order valence-electron chi connectivity index (χ3n) is 4.59. The lowest BCUT2D eigenvalue weighted by molar-refractivity contribution is -0.274. The number of ether oxygens (including phenoxy) is 1. The molecule has 2 N–H and O–H groups in total. The maximum Gasteiger partial charge on any atom is 0.573 e. The van der Waals surface area contributed by atoms with E-state index in [2.05, 4.69) is 19.7 Å². The van der Waals surface area contributed by atoms with Gasteiger partial charge in [0.15, 0.2) is 0 Å². The highest BCUT2D eigenvalue weighted by Crippen LogP contribution is 2.25. The second kappa shape index (κ2) is 9.52. The summed E-state index contributed by atoms with van der Waals surface area (Å²) in [6, 6.07) is 10.4. The van der Waals surface area contributed by atoms with Gasteiger partial charge in [0.2, 0.25) is 10.0 Å². The average molecular weight is 464 g/mol. The van der Waals surface area contributed by atoms with Gasteiger partial charge in [0.05, 0.1) is 10.9 Å². The number of piperazine rings is 1. The summed E-state index contributed by atoms with van der Waals surface area (Å²) in [5, 5.41) is 3.77. The van der Waals surface area contributed by atoms with Crippen LogP contribution >= 0.6 is 11.6 Å². The van der Waals surface area contributed by atoms with E-state index in [1.54, 1.807) is 24.3 Å². The van der Waals surface area contributed by atoms with Gasteiger partial charge in [-0.2, -0.15) is 0 Å². The molecule has 0 aromatic heterocycles. The van der Waals surface area contributed by atoms with Crippen molar-refractivity contribution in [2.45, 2.75) is 17.3 Å². The van der Waals surface area contributed by atoms with E-state index in [4.69, 9.17) is 11.6 Å². The number of hydrogen-bond acceptors (Lipinski definition) is 5. The average Bonchev–Trinajstić information content (AvgIpc) is 2.68. The molecular formula is C19H21ClF3N3O3S. The number of halogens is 4. The lowest BCUT2D eigenvalue weighted by Crippen LogP contribution is -2.47. The van der Waals surface area contributed by atoms with Crippen LogP contribution in [0.15, 0.2) is 53.4 Å². The topological polar surface area (TPSA) is 70.7 Å². The molecule has 2 aromatic rings. The highest BCUT2D eigenvalue weighted by molar-refractivity contribution is 7.89. The van der Waals surface area contributed by atoms with Gasteiger partial charge >= 0.3 is 6.36 Å². The molecule has 1 aliphatic rings. The summed E-state index contributed by atoms with van der Waals surface area (Å²) in [5.74, 6) is -0.489. The van der Waals surface area contributed by atoms with Crippen molar-refractivity contribution in [2.24, 2.45) is 0 Å². The molecule has 6 nitrogen and oxygen atoms in total. The van der Waals surface area contributed by atoms with Gasteiger partial charge in [-0.1, -0.05) is 23.7 Å². The summed E-state index contributed by atoms with van der Waals surface area (Å²) >= 11 is 5.95. The molecule has 1 heterocycles. The Morgan fingerprint density at radius 1 is 1.07 bits per heavy atom. The van der Waals surface area contributed by atoms with E-state index < -0.39 is 28.2 Å². The van der Waals surface area contributed by atoms with Crippen LogP contribution < -0.4 is 14.8 Å². The SMILES string of the molecule is O=S(=O)(N[C@@H](CN1CCNCC1)c1ccc(Cl)cc1)c1ccc(OC(F)(F)F)cc1. The Morgan fingerprint density at radius 2 is 1.67 bits per heavy atom. The Labute approximate surface area is 178 Å². The van der Waals surface area contributed by atoms with Crippen LogP contribution in [0.4, 0.5) is 13.2 Å². The Balaban J connectivity index is 1.80. The van der Waals surface area contributed by atoms with Crippen molar-refractivity contribution in [2.75, 3.05) is 32.7 Å². The van der Waals surface area contributed by atoms with Crippen molar-refractivity contribution in [3.63, 3.8) is 0 Å². The summed E-state index contributed by atoms with van der Waals surface area (Å²) in [6.07, 6.45) is -4.85. The van der Waals surface area contributed by atoms with Crippen molar-refractivity contribution < 1.29 is 26.3 Å². The number of benzene rings is 2. The minimum Gasteiger partial charge on any atom is -0.406 e. The first-order valence-electron chi connectivity index (χ1n) is 9.19. The molecule has 1 atom stereocenters. The van der Waals surface area contributed by atoms with Crippen LogP contribution in [0.1, 0.15) is 11.6 Å². The van der Waals surface area contributed by atoms with Gasteiger partial charge in [-0.3, -0.25) is 4.90 Å². The molecule has 0 aliphatic carbocycles. The maximum absolute atomic E-state index is 12.9. The van der Waals surface area contributed by atoms with Crippen LogP contribution in [-0.4, -0.2) is 52.4 Å². The van der Waals surface area contributed by atoms with Crippen LogP contribution in [-0.2, 0) is 10.0 Å². The van der Waals surface area contributed by atoms with Gasteiger partial charge in [0, 0.05) is 37.7 Å². The summed E-state index contributed by atoms with van der Waals surface area (Å²) in [7, 11) is -3.99. The number of alkyl halides is 3. The van der Waals surface area contributed by atoms with Crippen LogP contribution in [0, 0.1) is 0 Å². The molecular weight excluding hydrogens is 443 g/mol. The van der Waals surface area contributed by atoms with Crippen molar-refractivity contribution in [1.29, 1.82) is 0 Å². The Bertz CT molecular complexity index is 932. The minimum absolute atomic E-state index is 0.156. The Morgan fingerprint density at radius 3 is 2.23 bits per heavy atom. The molecule has 164 valence electrons. The van der Waals surface area contributed by atoms with Gasteiger partial charge in [-0.15, -0.1) is 13.2 Å². The molecule has 30 heavy (non-hydrogen) atoms. The van der Waals surface area contributed by atoms with Gasteiger partial charge in [-0.05, 0) is 42.0 Å². The smallest absolute Gasteiger partial charge is 0.406 e. The number of nitrogens with one attached hydrogen (secondary N) is 2. The zero-order valence-corrected chi connectivity index (χ0v) is 17.4. The quantitative estimate of drug-likeness (QED) is 0.660. The molecule has 0 amide bonds. The summed E-state index contributed by atoms with van der Waals surface area (Å²) < 4.78 is 69.2. The van der Waals surface area contributed by atoms with Gasteiger partial charge in [-0.25, -0.2) is 13.1 Å². The van der Waals surface area contributed by atoms with Crippen LogP contribution in [0.2, 0.25) is 5.02 Å². The third-order valence-corrected chi connectivity index (χ3v) is 6.33. The fourth-order valence-electron chi connectivity index (χ4n) is 3.13. The second-order valence-corrected chi connectivity index (χ2v) is 8.95. The molecule has 1 saturated heterocycles. The highest BCUT2D eigenvalue weighted by Gasteiger charge is 2.31. The molecule has 0 saturated carbocycles. The first kappa shape index (κ1) is 22.8. The Hall–Kier alpha value is -1.85. The van der Waals surface area contributed by atoms with Crippen LogP contribution in [0.5, 0.6) is 5.75 Å². The van der Waals surface area contributed by atoms with E-state index in [1.807, 2.05) is 0 Å². The summed E-state index contributed by atoms with van der Waals surface area (Å²) in [5.41, 5.74) is 0.735. The maximum atomic E-state index is 12.9. The van der Waals surface area contributed by atoms with E-state index in [0.29, 0.717) is 11.6 Å². The van der Waals surface area contributed by atoms with E-state index in [0.717, 1.165) is 56.0 Å². The second-order valence-electron chi connectivity index (χ2n) is 6.80. The fraction of sp³-hybridized carbons (Fsp3) is 0.368. The minimum atomic E-state index is -4.85. The standard InChI is InChI=1S/C19H21ClF3N3O3S/c20-15-3-1-14(2-4-15)18(13-26-11-9-24-10-12-26)25-30(27,28)17-7-5-16(6-8-17)29-19(21,22)23/h1-8,18,24-25H,9-13H2/t18-/m0/s1. The van der Waals surface area contributed by atoms with E-state index in [9.17, 15) is 21.6 Å². The zero-order valence-electron chi connectivity index (χ0n) is 15.8. The summed E-state index contributed by atoms with van der Waals surface area (Å²) in [6.45, 7) is 3.60. The monoisotopic (exact) mass is 463 g/mol. The molecule has 3 rings (SSSR count). The molecule has 1 fully saturated rings. The molecule has 0 spiro atoms. The van der Waals surface area contributed by atoms with E-state index in [1.165, 1.54) is 0 Å². The van der Waals surface area contributed by atoms with Crippen LogP contribution in [0.3, 0.4) is 0 Å². The lowest BCUT2D eigenvalue weighted by atomic mass is 10.1. The molecule has 0 unspecified atom stereocenters.